The molecule has 2 nitrogen and oxygen atoms in total. The van der Waals surface area contributed by atoms with Crippen LogP contribution in [0.15, 0.2) is 18.2 Å². The zero-order chi connectivity index (χ0) is 12.8. The van der Waals surface area contributed by atoms with E-state index in [0.717, 1.165) is 5.75 Å². The Balaban J connectivity index is 2.72. The van der Waals surface area contributed by atoms with Crippen LogP contribution in [0.3, 0.4) is 0 Å². The number of hydrazine groups is 1. The summed E-state index contributed by atoms with van der Waals surface area (Å²) in [5.74, 6) is 6.70. The number of thioether (sulfide) groups is 1. The normalized spacial score (nSPS) is 14.6. The molecule has 0 saturated carbocycles. The molecule has 0 fully saturated rings. The summed E-state index contributed by atoms with van der Waals surface area (Å²) < 4.78 is 0. The first-order chi connectivity index (χ1) is 8.08. The van der Waals surface area contributed by atoms with Gasteiger partial charge in [0, 0.05) is 11.0 Å². The lowest BCUT2D eigenvalue weighted by Gasteiger charge is -2.20. The van der Waals surface area contributed by atoms with Gasteiger partial charge in [0.1, 0.15) is 0 Å². The Morgan fingerprint density at radius 2 is 2.06 bits per heavy atom. The molecule has 2 atom stereocenters. The van der Waals surface area contributed by atoms with Gasteiger partial charge < -0.3 is 0 Å². The maximum absolute atomic E-state index is 5.68. The molecule has 1 aromatic carbocycles. The number of hydrogen-bond acceptors (Lipinski definition) is 3. The first-order valence-corrected chi connectivity index (χ1v) is 7.28. The summed E-state index contributed by atoms with van der Waals surface area (Å²) in [5.41, 5.74) is 6.87. The van der Waals surface area contributed by atoms with Crippen molar-refractivity contribution in [3.8, 4) is 0 Å². The molecule has 96 valence electrons. The summed E-state index contributed by atoms with van der Waals surface area (Å²) in [4.78, 5) is 0. The third-order valence-corrected chi connectivity index (χ3v) is 4.55. The van der Waals surface area contributed by atoms with Crippen LogP contribution in [0.25, 0.3) is 0 Å². The van der Waals surface area contributed by atoms with Gasteiger partial charge in [0.25, 0.3) is 0 Å². The zero-order valence-corrected chi connectivity index (χ0v) is 12.1. The number of nitrogens with one attached hydrogen (secondary N) is 1. The summed E-state index contributed by atoms with van der Waals surface area (Å²) in [6.45, 7) is 8.76. The van der Waals surface area contributed by atoms with E-state index in [1.807, 2.05) is 11.8 Å². The molecule has 0 radical (unpaired) electrons. The molecule has 1 aromatic rings. The lowest BCUT2D eigenvalue weighted by Crippen LogP contribution is -2.30. The lowest BCUT2D eigenvalue weighted by atomic mass is 10.0. The molecule has 0 bridgehead atoms. The SMILES string of the molecule is CCC(C)SCC(NN)c1ccc(C)cc1C. The van der Waals surface area contributed by atoms with E-state index in [2.05, 4.69) is 51.3 Å². The third kappa shape index (κ3) is 4.34. The molecule has 0 aromatic heterocycles. The van der Waals surface area contributed by atoms with Gasteiger partial charge in [-0.05, 0) is 31.4 Å². The quantitative estimate of drug-likeness (QED) is 0.602. The zero-order valence-electron chi connectivity index (χ0n) is 11.3. The highest BCUT2D eigenvalue weighted by Crippen LogP contribution is 2.24. The molecule has 3 N–H and O–H groups in total. The van der Waals surface area contributed by atoms with Crippen LogP contribution in [0.2, 0.25) is 0 Å². The maximum atomic E-state index is 5.68. The van der Waals surface area contributed by atoms with E-state index in [4.69, 9.17) is 5.84 Å². The molecule has 0 aliphatic rings. The van der Waals surface area contributed by atoms with Crippen LogP contribution in [0, 0.1) is 13.8 Å². The van der Waals surface area contributed by atoms with Crippen molar-refractivity contribution in [1.29, 1.82) is 0 Å². The molecular weight excluding hydrogens is 228 g/mol. The van der Waals surface area contributed by atoms with Crippen LogP contribution >= 0.6 is 11.8 Å². The van der Waals surface area contributed by atoms with Crippen molar-refractivity contribution in [3.05, 3.63) is 34.9 Å². The Morgan fingerprint density at radius 3 is 2.59 bits per heavy atom. The standard InChI is InChI=1S/C14H24N2S/c1-5-12(4)17-9-14(16-15)13-7-6-10(2)8-11(13)3/h6-8,12,14,16H,5,9,15H2,1-4H3. The van der Waals surface area contributed by atoms with Crippen LogP contribution < -0.4 is 11.3 Å². The summed E-state index contributed by atoms with van der Waals surface area (Å²) in [7, 11) is 0. The van der Waals surface area contributed by atoms with Crippen molar-refractivity contribution in [2.45, 2.75) is 45.4 Å². The van der Waals surface area contributed by atoms with Gasteiger partial charge in [-0.15, -0.1) is 0 Å². The van der Waals surface area contributed by atoms with E-state index in [1.165, 1.54) is 23.1 Å². The van der Waals surface area contributed by atoms with Crippen LogP contribution in [0.4, 0.5) is 0 Å². The fourth-order valence-corrected chi connectivity index (χ4v) is 2.86. The first kappa shape index (κ1) is 14.6. The molecule has 0 amide bonds. The van der Waals surface area contributed by atoms with Crippen molar-refractivity contribution in [1.82, 2.24) is 5.43 Å². The Morgan fingerprint density at radius 1 is 1.35 bits per heavy atom. The van der Waals surface area contributed by atoms with Gasteiger partial charge in [-0.25, -0.2) is 0 Å². The van der Waals surface area contributed by atoms with Gasteiger partial charge >= 0.3 is 0 Å². The smallest absolute Gasteiger partial charge is 0.0553 e. The van der Waals surface area contributed by atoms with Gasteiger partial charge in [0.15, 0.2) is 0 Å². The predicted molar refractivity (Wildman–Crippen MR) is 78.2 cm³/mol. The van der Waals surface area contributed by atoms with E-state index in [9.17, 15) is 0 Å². The fourth-order valence-electron chi connectivity index (χ4n) is 1.82. The van der Waals surface area contributed by atoms with Crippen molar-refractivity contribution in [2.75, 3.05) is 5.75 Å². The maximum Gasteiger partial charge on any atom is 0.0553 e. The highest BCUT2D eigenvalue weighted by atomic mass is 32.2. The molecule has 2 unspecified atom stereocenters. The molecule has 3 heteroatoms. The molecule has 0 aliphatic carbocycles. The number of hydrogen-bond donors (Lipinski definition) is 2. The topological polar surface area (TPSA) is 38.0 Å². The van der Waals surface area contributed by atoms with Gasteiger partial charge in [0.2, 0.25) is 0 Å². The van der Waals surface area contributed by atoms with Gasteiger partial charge in [0.05, 0.1) is 6.04 Å². The fraction of sp³-hybridized carbons (Fsp3) is 0.571. The highest BCUT2D eigenvalue weighted by molar-refractivity contribution is 7.99. The Bertz CT molecular complexity index is 352. The Kier molecular flexibility index (Phi) is 6.03. The molecule has 1 rings (SSSR count). The van der Waals surface area contributed by atoms with Crippen LogP contribution in [-0.2, 0) is 0 Å². The molecule has 0 saturated heterocycles. The van der Waals surface area contributed by atoms with E-state index in [1.54, 1.807) is 0 Å². The predicted octanol–water partition coefficient (Wildman–Crippen LogP) is 3.34. The van der Waals surface area contributed by atoms with Crippen molar-refractivity contribution < 1.29 is 0 Å². The monoisotopic (exact) mass is 252 g/mol. The summed E-state index contributed by atoms with van der Waals surface area (Å²) in [6.07, 6.45) is 1.20. The summed E-state index contributed by atoms with van der Waals surface area (Å²) in [5, 5.41) is 0.691. The largest absolute Gasteiger partial charge is 0.271 e. The van der Waals surface area contributed by atoms with E-state index >= 15 is 0 Å². The summed E-state index contributed by atoms with van der Waals surface area (Å²) in [6, 6.07) is 6.80. The van der Waals surface area contributed by atoms with Crippen molar-refractivity contribution >= 4 is 11.8 Å². The Hall–Kier alpha value is -0.510. The minimum Gasteiger partial charge on any atom is -0.271 e. The minimum absolute atomic E-state index is 0.245. The average Bonchev–Trinajstić information content (AvgIpc) is 2.31. The molecular formula is C14H24N2S. The van der Waals surface area contributed by atoms with E-state index < -0.39 is 0 Å². The van der Waals surface area contributed by atoms with E-state index in [0.29, 0.717) is 5.25 Å². The molecule has 0 spiro atoms. The van der Waals surface area contributed by atoms with Gasteiger partial charge in [-0.1, -0.05) is 37.6 Å². The molecule has 0 aliphatic heterocycles. The second kappa shape index (κ2) is 7.04. The van der Waals surface area contributed by atoms with Crippen molar-refractivity contribution in [2.24, 2.45) is 5.84 Å². The highest BCUT2D eigenvalue weighted by Gasteiger charge is 2.13. The summed E-state index contributed by atoms with van der Waals surface area (Å²) >= 11 is 1.97. The Labute approximate surface area is 109 Å². The second-order valence-electron chi connectivity index (χ2n) is 4.63. The number of nitrogens with two attached hydrogens (primary N) is 1. The number of benzene rings is 1. The minimum atomic E-state index is 0.245. The second-order valence-corrected chi connectivity index (χ2v) is 6.10. The van der Waals surface area contributed by atoms with Crippen LogP contribution in [-0.4, -0.2) is 11.0 Å². The van der Waals surface area contributed by atoms with Gasteiger partial charge in [-0.3, -0.25) is 11.3 Å². The lowest BCUT2D eigenvalue weighted by molar-refractivity contribution is 0.606. The van der Waals surface area contributed by atoms with Crippen LogP contribution in [0.5, 0.6) is 0 Å². The van der Waals surface area contributed by atoms with Crippen molar-refractivity contribution in [3.63, 3.8) is 0 Å². The third-order valence-electron chi connectivity index (χ3n) is 3.12. The number of aryl methyl sites for hydroxylation is 2. The number of rotatable bonds is 6. The van der Waals surface area contributed by atoms with Crippen LogP contribution in [0.1, 0.15) is 43.0 Å². The van der Waals surface area contributed by atoms with E-state index in [-0.39, 0.29) is 6.04 Å². The molecule has 17 heavy (non-hydrogen) atoms. The van der Waals surface area contributed by atoms with Gasteiger partial charge in [-0.2, -0.15) is 11.8 Å². The first-order valence-electron chi connectivity index (χ1n) is 6.23. The molecule has 0 heterocycles. The average molecular weight is 252 g/mol.